The highest BCUT2D eigenvalue weighted by molar-refractivity contribution is 5.81. The Morgan fingerprint density at radius 2 is 1.54 bits per heavy atom. The number of nitrogens with one attached hydrogen (secondary N) is 1. The van der Waals surface area contributed by atoms with Gasteiger partial charge in [0, 0.05) is 13.1 Å². The quantitative estimate of drug-likeness (QED) is 0.367. The number of benzene rings is 2. The predicted molar refractivity (Wildman–Crippen MR) is 133 cm³/mol. The lowest BCUT2D eigenvalue weighted by Crippen LogP contribution is -2.49. The summed E-state index contributed by atoms with van der Waals surface area (Å²) in [5.74, 6) is -0.535. The summed E-state index contributed by atoms with van der Waals surface area (Å²) < 4.78 is 15.8. The molecule has 190 valence electrons. The molecule has 35 heavy (non-hydrogen) atoms. The van der Waals surface area contributed by atoms with Crippen LogP contribution in [0.4, 0.5) is 9.59 Å². The molecule has 0 fully saturated rings. The zero-order chi connectivity index (χ0) is 25.7. The number of esters is 1. The fourth-order valence-electron chi connectivity index (χ4n) is 3.45. The van der Waals surface area contributed by atoms with Crippen molar-refractivity contribution in [1.82, 2.24) is 10.2 Å². The molecule has 8 nitrogen and oxygen atoms in total. The second-order valence-electron chi connectivity index (χ2n) is 9.08. The maximum absolute atomic E-state index is 13.1. The molecule has 0 spiro atoms. The summed E-state index contributed by atoms with van der Waals surface area (Å²) in [6.45, 7) is 5.49. The molecule has 0 heterocycles. The van der Waals surface area contributed by atoms with Crippen LogP contribution in [0.15, 0.2) is 60.7 Å². The van der Waals surface area contributed by atoms with E-state index in [1.165, 1.54) is 12.0 Å². The lowest BCUT2D eigenvalue weighted by molar-refractivity contribution is -0.146. The molecular weight excluding hydrogens is 448 g/mol. The fraction of sp³-hybridized carbons (Fsp3) is 0.444. The van der Waals surface area contributed by atoms with Gasteiger partial charge >= 0.3 is 18.2 Å². The van der Waals surface area contributed by atoms with Gasteiger partial charge in [-0.15, -0.1) is 0 Å². The Bertz CT molecular complexity index is 928. The molecule has 2 rings (SSSR count). The number of hydrogen-bond donors (Lipinski definition) is 1. The van der Waals surface area contributed by atoms with Gasteiger partial charge in [-0.1, -0.05) is 60.7 Å². The maximum Gasteiger partial charge on any atom is 0.410 e. The molecule has 2 aromatic carbocycles. The molecule has 0 saturated heterocycles. The van der Waals surface area contributed by atoms with E-state index in [0.717, 1.165) is 17.5 Å². The fourth-order valence-corrected chi connectivity index (χ4v) is 3.45. The Morgan fingerprint density at radius 1 is 0.943 bits per heavy atom. The molecule has 0 aliphatic rings. The largest absolute Gasteiger partial charge is 0.467 e. The summed E-state index contributed by atoms with van der Waals surface area (Å²) >= 11 is 0. The summed E-state index contributed by atoms with van der Waals surface area (Å²) in [5, 5.41) is 2.63. The second kappa shape index (κ2) is 14.0. The highest BCUT2D eigenvalue weighted by atomic mass is 16.6. The van der Waals surface area contributed by atoms with Gasteiger partial charge in [0.15, 0.2) is 0 Å². The molecule has 0 saturated carbocycles. The Hall–Kier alpha value is -3.55. The highest BCUT2D eigenvalue weighted by Crippen LogP contribution is 2.15. The molecule has 0 aliphatic heterocycles. The Balaban J connectivity index is 2.08. The van der Waals surface area contributed by atoms with Gasteiger partial charge in [0.25, 0.3) is 0 Å². The number of methoxy groups -OCH3 is 1. The van der Waals surface area contributed by atoms with Gasteiger partial charge in [0.2, 0.25) is 0 Å². The van der Waals surface area contributed by atoms with E-state index in [9.17, 15) is 14.4 Å². The monoisotopic (exact) mass is 484 g/mol. The van der Waals surface area contributed by atoms with Crippen LogP contribution in [0.2, 0.25) is 0 Å². The van der Waals surface area contributed by atoms with E-state index < -0.39 is 29.8 Å². The van der Waals surface area contributed by atoms with Gasteiger partial charge < -0.3 is 19.5 Å². The Kier molecular flexibility index (Phi) is 11.1. The van der Waals surface area contributed by atoms with Crippen LogP contribution < -0.4 is 5.32 Å². The van der Waals surface area contributed by atoms with Crippen molar-refractivity contribution in [3.05, 3.63) is 71.8 Å². The van der Waals surface area contributed by atoms with Crippen molar-refractivity contribution in [2.45, 2.75) is 58.3 Å². The summed E-state index contributed by atoms with van der Waals surface area (Å²) in [7, 11) is 1.29. The minimum Gasteiger partial charge on any atom is -0.467 e. The summed E-state index contributed by atoms with van der Waals surface area (Å²) in [6, 6.07) is 18.3. The first-order valence-corrected chi connectivity index (χ1v) is 11.8. The smallest absolute Gasteiger partial charge is 0.410 e. The molecule has 1 N–H and O–H groups in total. The molecule has 0 aliphatic carbocycles. The van der Waals surface area contributed by atoms with Crippen molar-refractivity contribution in [2.24, 2.45) is 0 Å². The minimum absolute atomic E-state index is 0.0535. The molecule has 8 heteroatoms. The van der Waals surface area contributed by atoms with Crippen molar-refractivity contribution in [1.29, 1.82) is 0 Å². The molecule has 0 aromatic heterocycles. The third-order valence-electron chi connectivity index (χ3n) is 5.10. The van der Waals surface area contributed by atoms with E-state index in [2.05, 4.69) is 5.32 Å². The first-order valence-electron chi connectivity index (χ1n) is 11.8. The molecule has 0 radical (unpaired) electrons. The first kappa shape index (κ1) is 27.7. The molecular formula is C27H36N2O6. The Labute approximate surface area is 207 Å². The van der Waals surface area contributed by atoms with Crippen molar-refractivity contribution in [3.63, 3.8) is 0 Å². The zero-order valence-corrected chi connectivity index (χ0v) is 21.0. The van der Waals surface area contributed by atoms with Gasteiger partial charge in [0.05, 0.1) is 7.11 Å². The third kappa shape index (κ3) is 10.5. The van der Waals surface area contributed by atoms with Gasteiger partial charge in [-0.2, -0.15) is 0 Å². The van der Waals surface area contributed by atoms with E-state index in [1.807, 2.05) is 60.7 Å². The lowest BCUT2D eigenvalue weighted by Gasteiger charge is -2.29. The Morgan fingerprint density at radius 3 is 2.11 bits per heavy atom. The van der Waals surface area contributed by atoms with Gasteiger partial charge in [-0.05, 0) is 51.2 Å². The van der Waals surface area contributed by atoms with E-state index in [-0.39, 0.29) is 19.7 Å². The number of aryl methyl sites for hydroxylation is 1. The average Bonchev–Trinajstić information content (AvgIpc) is 2.83. The zero-order valence-electron chi connectivity index (χ0n) is 21.0. The summed E-state index contributed by atoms with van der Waals surface area (Å²) in [4.78, 5) is 39.1. The minimum atomic E-state index is -0.854. The van der Waals surface area contributed by atoms with Crippen LogP contribution in [0, 0.1) is 0 Å². The number of hydrogen-bond acceptors (Lipinski definition) is 6. The van der Waals surface area contributed by atoms with Crippen molar-refractivity contribution in [2.75, 3.05) is 20.2 Å². The van der Waals surface area contributed by atoms with E-state index in [1.54, 1.807) is 20.8 Å². The van der Waals surface area contributed by atoms with Crippen LogP contribution in [0.5, 0.6) is 0 Å². The molecule has 2 amide bonds. The third-order valence-corrected chi connectivity index (χ3v) is 5.10. The SMILES string of the molecule is COC(=O)C(CCCc1ccccc1)N(CCNC(=O)OC(C)(C)C)C(=O)OCc1ccccc1. The van der Waals surface area contributed by atoms with Crippen LogP contribution in [0.1, 0.15) is 44.7 Å². The number of ether oxygens (including phenoxy) is 3. The molecule has 1 unspecified atom stereocenters. The average molecular weight is 485 g/mol. The van der Waals surface area contributed by atoms with Crippen LogP contribution in [0.25, 0.3) is 0 Å². The van der Waals surface area contributed by atoms with Gasteiger partial charge in [-0.3, -0.25) is 4.90 Å². The first-order chi connectivity index (χ1) is 16.7. The number of carbonyl (C=O) groups excluding carboxylic acids is 3. The van der Waals surface area contributed by atoms with Crippen molar-refractivity contribution in [3.8, 4) is 0 Å². The van der Waals surface area contributed by atoms with Crippen molar-refractivity contribution < 1.29 is 28.6 Å². The highest BCUT2D eigenvalue weighted by Gasteiger charge is 2.31. The maximum atomic E-state index is 13.1. The number of amides is 2. The summed E-state index contributed by atoms with van der Waals surface area (Å²) in [6.07, 6.45) is 0.529. The number of alkyl carbamates (subject to hydrolysis) is 1. The molecule has 0 bridgehead atoms. The van der Waals surface area contributed by atoms with E-state index in [4.69, 9.17) is 14.2 Å². The number of carbonyl (C=O) groups is 3. The molecule has 1 atom stereocenters. The standard InChI is InChI=1S/C27H36N2O6/c1-27(2,3)35-25(31)28-18-19-29(26(32)34-20-22-14-9-6-10-15-22)23(24(30)33-4)17-11-16-21-12-7-5-8-13-21/h5-10,12-15,23H,11,16-20H2,1-4H3,(H,28,31). The van der Waals surface area contributed by atoms with Crippen LogP contribution >= 0.6 is 0 Å². The van der Waals surface area contributed by atoms with Crippen molar-refractivity contribution >= 4 is 18.2 Å². The van der Waals surface area contributed by atoms with Gasteiger partial charge in [-0.25, -0.2) is 14.4 Å². The van der Waals surface area contributed by atoms with E-state index in [0.29, 0.717) is 12.8 Å². The van der Waals surface area contributed by atoms with Gasteiger partial charge in [0.1, 0.15) is 18.2 Å². The topological polar surface area (TPSA) is 94.2 Å². The van der Waals surface area contributed by atoms with Crippen LogP contribution in [-0.4, -0.2) is 54.9 Å². The summed E-state index contributed by atoms with van der Waals surface area (Å²) in [5.41, 5.74) is 1.32. The lowest BCUT2D eigenvalue weighted by atomic mass is 10.0. The predicted octanol–water partition coefficient (Wildman–Crippen LogP) is 4.71. The van der Waals surface area contributed by atoms with Crippen LogP contribution in [0.3, 0.4) is 0 Å². The second-order valence-corrected chi connectivity index (χ2v) is 9.08. The number of nitrogens with zero attached hydrogens (tertiary/aromatic N) is 1. The number of rotatable bonds is 11. The van der Waals surface area contributed by atoms with Crippen LogP contribution in [-0.2, 0) is 32.0 Å². The molecule has 2 aromatic rings. The van der Waals surface area contributed by atoms with E-state index >= 15 is 0 Å². The normalized spacial score (nSPS) is 11.8.